The van der Waals surface area contributed by atoms with Crippen LogP contribution in [-0.4, -0.2) is 27.8 Å². The Morgan fingerprint density at radius 2 is 2.13 bits per heavy atom. The van der Waals surface area contributed by atoms with Crippen LogP contribution in [0.5, 0.6) is 0 Å². The van der Waals surface area contributed by atoms with Gasteiger partial charge in [0, 0.05) is 17.3 Å². The molecule has 23 heavy (non-hydrogen) atoms. The van der Waals surface area contributed by atoms with Gasteiger partial charge in [0.2, 0.25) is 5.91 Å². The molecule has 4 N–H and O–H groups in total. The minimum absolute atomic E-state index is 0.0355. The summed E-state index contributed by atoms with van der Waals surface area (Å²) < 4.78 is 1.35. The minimum Gasteiger partial charge on any atom is -0.368 e. The van der Waals surface area contributed by atoms with Crippen LogP contribution < -0.4 is 16.4 Å². The minimum atomic E-state index is -0.502. The normalized spacial score (nSPS) is 11.7. The third kappa shape index (κ3) is 5.30. The van der Waals surface area contributed by atoms with Gasteiger partial charge in [-0.3, -0.25) is 9.48 Å². The van der Waals surface area contributed by atoms with Gasteiger partial charge in [0.05, 0.1) is 11.9 Å². The topological polar surface area (TPSA) is 102 Å². The van der Waals surface area contributed by atoms with Crippen LogP contribution in [0.25, 0.3) is 0 Å². The Morgan fingerprint density at radius 3 is 2.83 bits per heavy atom. The van der Waals surface area contributed by atoms with Crippen LogP contribution in [0.15, 0.2) is 36.7 Å². The van der Waals surface area contributed by atoms with Crippen molar-refractivity contribution >= 4 is 29.2 Å². The molecule has 1 heterocycles. The molecule has 0 aliphatic rings. The number of rotatable bonds is 6. The Balaban J connectivity index is 1.85. The summed E-state index contributed by atoms with van der Waals surface area (Å²) in [6, 6.07) is 7.05. The standard InChI is InChI=1S/C15H18ClN5O2/c1-10(6-11-4-2-3-5-13(11)16)19-15(23)20-12-7-18-21(8-12)9-14(17)22/h2-5,7-8,10H,6,9H2,1H3,(H2,17,22)(H2,19,20,23)/t10-/m0/s1. The molecule has 0 bridgehead atoms. The number of carbonyl (C=O) groups excluding carboxylic acids is 2. The van der Waals surface area contributed by atoms with E-state index in [1.807, 2.05) is 31.2 Å². The molecule has 0 saturated heterocycles. The number of amides is 3. The van der Waals surface area contributed by atoms with Gasteiger partial charge in [-0.25, -0.2) is 4.79 Å². The number of nitrogens with one attached hydrogen (secondary N) is 2. The molecular formula is C15H18ClN5O2. The van der Waals surface area contributed by atoms with Crippen molar-refractivity contribution in [3.8, 4) is 0 Å². The largest absolute Gasteiger partial charge is 0.368 e. The van der Waals surface area contributed by atoms with E-state index in [4.69, 9.17) is 17.3 Å². The van der Waals surface area contributed by atoms with Gasteiger partial charge in [0.1, 0.15) is 6.54 Å². The number of nitrogens with two attached hydrogens (primary N) is 1. The van der Waals surface area contributed by atoms with Crippen molar-refractivity contribution in [3.63, 3.8) is 0 Å². The molecule has 7 nitrogen and oxygen atoms in total. The summed E-state index contributed by atoms with van der Waals surface area (Å²) in [6.45, 7) is 1.85. The van der Waals surface area contributed by atoms with Crippen LogP contribution in [-0.2, 0) is 17.8 Å². The molecule has 0 aliphatic heterocycles. The van der Waals surface area contributed by atoms with Gasteiger partial charge < -0.3 is 16.4 Å². The van der Waals surface area contributed by atoms with Crippen LogP contribution in [0.1, 0.15) is 12.5 Å². The van der Waals surface area contributed by atoms with Gasteiger partial charge in [0.15, 0.2) is 0 Å². The van der Waals surface area contributed by atoms with Gasteiger partial charge in [-0.15, -0.1) is 0 Å². The maximum atomic E-state index is 11.9. The second-order valence-corrected chi connectivity index (χ2v) is 5.60. The van der Waals surface area contributed by atoms with Crippen LogP contribution in [0.4, 0.5) is 10.5 Å². The van der Waals surface area contributed by atoms with Gasteiger partial charge in [-0.1, -0.05) is 29.8 Å². The van der Waals surface area contributed by atoms with Crippen molar-refractivity contribution in [2.24, 2.45) is 5.73 Å². The number of urea groups is 1. The summed E-state index contributed by atoms with van der Waals surface area (Å²) in [5.41, 5.74) is 6.53. The summed E-state index contributed by atoms with van der Waals surface area (Å²) in [4.78, 5) is 22.7. The van der Waals surface area contributed by atoms with Crippen LogP contribution in [0.2, 0.25) is 5.02 Å². The molecule has 0 fully saturated rings. The number of hydrogen-bond acceptors (Lipinski definition) is 3. The van der Waals surface area contributed by atoms with Crippen LogP contribution in [0.3, 0.4) is 0 Å². The molecule has 1 atom stereocenters. The van der Waals surface area contributed by atoms with Gasteiger partial charge >= 0.3 is 6.03 Å². The number of nitrogens with zero attached hydrogens (tertiary/aromatic N) is 2. The van der Waals surface area contributed by atoms with E-state index in [9.17, 15) is 9.59 Å². The van der Waals surface area contributed by atoms with Crippen molar-refractivity contribution in [3.05, 3.63) is 47.2 Å². The van der Waals surface area contributed by atoms with Crippen molar-refractivity contribution < 1.29 is 9.59 Å². The maximum absolute atomic E-state index is 11.9. The fraction of sp³-hybridized carbons (Fsp3) is 0.267. The third-order valence-corrected chi connectivity index (χ3v) is 3.44. The van der Waals surface area contributed by atoms with E-state index in [-0.39, 0.29) is 18.6 Å². The zero-order valence-corrected chi connectivity index (χ0v) is 13.4. The summed E-state index contributed by atoms with van der Waals surface area (Å²) in [5, 5.41) is 10.1. The van der Waals surface area contributed by atoms with Crippen LogP contribution >= 0.6 is 11.6 Å². The van der Waals surface area contributed by atoms with E-state index in [0.29, 0.717) is 17.1 Å². The molecule has 8 heteroatoms. The second-order valence-electron chi connectivity index (χ2n) is 5.19. The lowest BCUT2D eigenvalue weighted by molar-refractivity contribution is -0.118. The number of carbonyl (C=O) groups is 2. The highest BCUT2D eigenvalue weighted by Crippen LogP contribution is 2.16. The molecule has 0 spiro atoms. The summed E-state index contributed by atoms with van der Waals surface area (Å²) in [6.07, 6.45) is 3.60. The van der Waals surface area contributed by atoms with E-state index in [1.165, 1.54) is 17.1 Å². The summed E-state index contributed by atoms with van der Waals surface area (Å²) in [5.74, 6) is -0.502. The van der Waals surface area contributed by atoms with Crippen molar-refractivity contribution in [2.75, 3.05) is 5.32 Å². The van der Waals surface area contributed by atoms with Gasteiger partial charge in [0.25, 0.3) is 0 Å². The molecule has 2 aromatic rings. The Hall–Kier alpha value is -2.54. The molecule has 1 aromatic carbocycles. The first-order valence-corrected chi connectivity index (χ1v) is 7.43. The predicted octanol–water partition coefficient (Wildman–Crippen LogP) is 1.77. The van der Waals surface area contributed by atoms with E-state index in [2.05, 4.69) is 15.7 Å². The lowest BCUT2D eigenvalue weighted by atomic mass is 10.1. The number of aromatic nitrogens is 2. The Bertz CT molecular complexity index is 701. The monoisotopic (exact) mass is 335 g/mol. The number of benzene rings is 1. The Labute approximate surface area is 138 Å². The quantitative estimate of drug-likeness (QED) is 0.749. The molecular weight excluding hydrogens is 318 g/mol. The predicted molar refractivity (Wildman–Crippen MR) is 88.2 cm³/mol. The third-order valence-electron chi connectivity index (χ3n) is 3.07. The molecule has 3 amide bonds. The number of anilines is 1. The summed E-state index contributed by atoms with van der Waals surface area (Å²) in [7, 11) is 0. The highest BCUT2D eigenvalue weighted by atomic mass is 35.5. The van der Waals surface area contributed by atoms with Gasteiger partial charge in [-0.05, 0) is 25.0 Å². The van der Waals surface area contributed by atoms with E-state index in [1.54, 1.807) is 0 Å². The highest BCUT2D eigenvalue weighted by Gasteiger charge is 2.11. The van der Waals surface area contributed by atoms with E-state index in [0.717, 1.165) is 5.56 Å². The molecule has 122 valence electrons. The molecule has 1 aromatic heterocycles. The van der Waals surface area contributed by atoms with Crippen molar-refractivity contribution in [1.82, 2.24) is 15.1 Å². The Kier molecular flexibility index (Phi) is 5.59. The lowest BCUT2D eigenvalue weighted by Crippen LogP contribution is -2.37. The van der Waals surface area contributed by atoms with E-state index < -0.39 is 5.91 Å². The van der Waals surface area contributed by atoms with Gasteiger partial charge in [-0.2, -0.15) is 5.10 Å². The fourth-order valence-corrected chi connectivity index (χ4v) is 2.32. The average Bonchev–Trinajstić information content (AvgIpc) is 2.87. The Morgan fingerprint density at radius 1 is 1.39 bits per heavy atom. The molecule has 0 radical (unpaired) electrons. The second kappa shape index (κ2) is 7.64. The molecule has 0 aliphatic carbocycles. The zero-order valence-electron chi connectivity index (χ0n) is 12.6. The molecule has 2 rings (SSSR count). The maximum Gasteiger partial charge on any atom is 0.319 e. The summed E-state index contributed by atoms with van der Waals surface area (Å²) >= 11 is 6.10. The zero-order chi connectivity index (χ0) is 16.8. The average molecular weight is 336 g/mol. The number of hydrogen-bond donors (Lipinski definition) is 3. The molecule has 0 saturated carbocycles. The number of primary amides is 1. The number of halogens is 1. The lowest BCUT2D eigenvalue weighted by Gasteiger charge is -2.15. The highest BCUT2D eigenvalue weighted by molar-refractivity contribution is 6.31. The van der Waals surface area contributed by atoms with Crippen molar-refractivity contribution in [1.29, 1.82) is 0 Å². The SMILES string of the molecule is C[C@@H](Cc1ccccc1Cl)NC(=O)Nc1cnn(CC(N)=O)c1. The van der Waals surface area contributed by atoms with Crippen molar-refractivity contribution in [2.45, 2.75) is 25.9 Å². The fourth-order valence-electron chi connectivity index (χ4n) is 2.11. The molecule has 0 unspecified atom stereocenters. The first-order chi connectivity index (χ1) is 10.9. The smallest absolute Gasteiger partial charge is 0.319 e. The van der Waals surface area contributed by atoms with Crippen LogP contribution in [0, 0.1) is 0 Å². The van der Waals surface area contributed by atoms with E-state index >= 15 is 0 Å². The first-order valence-electron chi connectivity index (χ1n) is 7.05. The first kappa shape index (κ1) is 16.8.